The molecule has 1 aliphatic heterocycles. The maximum Gasteiger partial charge on any atom is 0.216 e. The molecule has 0 aliphatic carbocycles. The fraction of sp³-hybridized carbons (Fsp3) is 0.450. The molecular formula is C20H25N7O. The number of amides is 1. The normalized spacial score (nSPS) is 15.1. The summed E-state index contributed by atoms with van der Waals surface area (Å²) in [5.74, 6) is 2.29. The molecule has 1 N–H and O–H groups in total. The van der Waals surface area contributed by atoms with Crippen molar-refractivity contribution in [3.8, 4) is 11.4 Å². The molecule has 1 fully saturated rings. The highest BCUT2D eigenvalue weighted by molar-refractivity contribution is 5.88. The van der Waals surface area contributed by atoms with Crippen LogP contribution in [0.2, 0.25) is 0 Å². The number of rotatable bonds is 5. The van der Waals surface area contributed by atoms with E-state index in [0.717, 1.165) is 61.3 Å². The lowest BCUT2D eigenvalue weighted by atomic mass is 9.93. The number of nitrogens with zero attached hydrogens (tertiary/aromatic N) is 6. The summed E-state index contributed by atoms with van der Waals surface area (Å²) in [4.78, 5) is 27.2. The number of nitrogens with one attached hydrogen (secondary N) is 1. The smallest absolute Gasteiger partial charge is 0.216 e. The second-order valence-corrected chi connectivity index (χ2v) is 7.32. The van der Waals surface area contributed by atoms with Crippen molar-refractivity contribution in [1.82, 2.24) is 30.0 Å². The molecule has 3 aromatic rings. The van der Waals surface area contributed by atoms with E-state index in [4.69, 9.17) is 9.97 Å². The lowest BCUT2D eigenvalue weighted by Gasteiger charge is -2.33. The van der Waals surface area contributed by atoms with Gasteiger partial charge in [-0.05, 0) is 37.3 Å². The Bertz CT molecular complexity index is 961. The molecule has 0 radical (unpaired) electrons. The van der Waals surface area contributed by atoms with Crippen LogP contribution in [0.25, 0.3) is 22.4 Å². The van der Waals surface area contributed by atoms with Gasteiger partial charge in [0.1, 0.15) is 5.82 Å². The lowest BCUT2D eigenvalue weighted by molar-refractivity contribution is -0.119. The second-order valence-electron chi connectivity index (χ2n) is 7.32. The predicted octanol–water partition coefficient (Wildman–Crippen LogP) is 2.17. The van der Waals surface area contributed by atoms with Crippen LogP contribution in [0.5, 0.6) is 0 Å². The van der Waals surface area contributed by atoms with Crippen molar-refractivity contribution in [3.63, 3.8) is 0 Å². The molecule has 3 aromatic heterocycles. The summed E-state index contributed by atoms with van der Waals surface area (Å²) < 4.78 is 1.79. The Morgan fingerprint density at radius 3 is 2.79 bits per heavy atom. The average molecular weight is 379 g/mol. The fourth-order valence-electron chi connectivity index (χ4n) is 3.76. The number of piperidine rings is 1. The van der Waals surface area contributed by atoms with Crippen LogP contribution in [0.15, 0.2) is 30.7 Å². The third-order valence-electron chi connectivity index (χ3n) is 5.33. The van der Waals surface area contributed by atoms with Crippen LogP contribution in [0.4, 0.5) is 5.82 Å². The molecule has 4 heterocycles. The minimum atomic E-state index is 0.0420. The summed E-state index contributed by atoms with van der Waals surface area (Å²) in [5.41, 5.74) is 1.73. The molecule has 1 saturated heterocycles. The van der Waals surface area contributed by atoms with Crippen LogP contribution < -0.4 is 10.2 Å². The van der Waals surface area contributed by atoms with E-state index in [1.54, 1.807) is 24.0 Å². The first-order chi connectivity index (χ1) is 13.6. The standard InChI is InChI=1S/C20H25N7O/c1-14(28)22-9-5-15-6-10-27(11-7-15)20-17-13-23-26(2)19(17)24-18(25-20)16-4-3-8-21-12-16/h3-4,8,12-13,15H,5-7,9-11H2,1-2H3,(H,22,28). The van der Waals surface area contributed by atoms with Gasteiger partial charge in [0.25, 0.3) is 0 Å². The molecule has 28 heavy (non-hydrogen) atoms. The van der Waals surface area contributed by atoms with E-state index in [-0.39, 0.29) is 5.91 Å². The Balaban J connectivity index is 1.56. The largest absolute Gasteiger partial charge is 0.356 e. The first-order valence-electron chi connectivity index (χ1n) is 9.71. The van der Waals surface area contributed by atoms with Crippen molar-refractivity contribution in [3.05, 3.63) is 30.7 Å². The fourth-order valence-corrected chi connectivity index (χ4v) is 3.76. The van der Waals surface area contributed by atoms with Crippen molar-refractivity contribution in [2.75, 3.05) is 24.5 Å². The Hall–Kier alpha value is -3.03. The number of fused-ring (bicyclic) bond motifs is 1. The van der Waals surface area contributed by atoms with Gasteiger partial charge in [-0.25, -0.2) is 9.97 Å². The number of pyridine rings is 1. The molecular weight excluding hydrogens is 354 g/mol. The summed E-state index contributed by atoms with van der Waals surface area (Å²) >= 11 is 0. The highest BCUT2D eigenvalue weighted by atomic mass is 16.1. The SMILES string of the molecule is CC(=O)NCCC1CCN(c2nc(-c3cccnc3)nc3c2cnn3C)CC1. The lowest BCUT2D eigenvalue weighted by Crippen LogP contribution is -2.35. The highest BCUT2D eigenvalue weighted by Gasteiger charge is 2.23. The molecule has 0 atom stereocenters. The van der Waals surface area contributed by atoms with Crippen molar-refractivity contribution in [1.29, 1.82) is 0 Å². The number of carbonyl (C=O) groups is 1. The van der Waals surface area contributed by atoms with E-state index in [0.29, 0.717) is 11.7 Å². The van der Waals surface area contributed by atoms with Gasteiger partial charge in [-0.15, -0.1) is 0 Å². The van der Waals surface area contributed by atoms with Gasteiger partial charge in [-0.1, -0.05) is 0 Å². The van der Waals surface area contributed by atoms with Crippen LogP contribution in [0, 0.1) is 5.92 Å². The Labute approximate surface area is 164 Å². The summed E-state index contributed by atoms with van der Waals surface area (Å²) in [6.07, 6.45) is 8.59. The molecule has 0 unspecified atom stereocenters. The molecule has 0 saturated carbocycles. The van der Waals surface area contributed by atoms with Gasteiger partial charge >= 0.3 is 0 Å². The number of aryl methyl sites for hydroxylation is 1. The summed E-state index contributed by atoms with van der Waals surface area (Å²) in [5, 5.41) is 8.27. The zero-order valence-electron chi connectivity index (χ0n) is 16.3. The molecule has 1 aliphatic rings. The van der Waals surface area contributed by atoms with Crippen molar-refractivity contribution in [2.24, 2.45) is 13.0 Å². The van der Waals surface area contributed by atoms with Gasteiger partial charge in [0.2, 0.25) is 5.91 Å². The van der Waals surface area contributed by atoms with E-state index >= 15 is 0 Å². The number of carbonyl (C=O) groups excluding carboxylic acids is 1. The Morgan fingerprint density at radius 2 is 2.07 bits per heavy atom. The van der Waals surface area contributed by atoms with Crippen LogP contribution in [0.1, 0.15) is 26.2 Å². The van der Waals surface area contributed by atoms with Gasteiger partial charge in [-0.2, -0.15) is 5.10 Å². The Kier molecular flexibility index (Phi) is 5.18. The van der Waals surface area contributed by atoms with E-state index in [2.05, 4.69) is 20.3 Å². The van der Waals surface area contributed by atoms with E-state index in [1.165, 1.54) is 0 Å². The van der Waals surface area contributed by atoms with Crippen LogP contribution >= 0.6 is 0 Å². The Morgan fingerprint density at radius 1 is 1.25 bits per heavy atom. The molecule has 0 spiro atoms. The average Bonchev–Trinajstić information content (AvgIpc) is 3.09. The highest BCUT2D eigenvalue weighted by Crippen LogP contribution is 2.30. The summed E-state index contributed by atoms with van der Waals surface area (Å²) in [6, 6.07) is 3.87. The maximum absolute atomic E-state index is 11.1. The number of anilines is 1. The van der Waals surface area contributed by atoms with Gasteiger partial charge in [0.15, 0.2) is 11.5 Å². The molecule has 146 valence electrons. The van der Waals surface area contributed by atoms with Crippen molar-refractivity contribution in [2.45, 2.75) is 26.2 Å². The number of hydrogen-bond donors (Lipinski definition) is 1. The summed E-state index contributed by atoms with van der Waals surface area (Å²) in [7, 11) is 1.90. The van der Waals surface area contributed by atoms with Crippen molar-refractivity contribution < 1.29 is 4.79 Å². The molecule has 8 nitrogen and oxygen atoms in total. The van der Waals surface area contributed by atoms with E-state index in [9.17, 15) is 4.79 Å². The van der Waals surface area contributed by atoms with Gasteiger partial charge < -0.3 is 10.2 Å². The number of aromatic nitrogens is 5. The molecule has 0 bridgehead atoms. The molecule has 8 heteroatoms. The van der Waals surface area contributed by atoms with E-state index in [1.807, 2.05) is 25.4 Å². The van der Waals surface area contributed by atoms with Crippen LogP contribution in [-0.2, 0) is 11.8 Å². The summed E-state index contributed by atoms with van der Waals surface area (Å²) in [6.45, 7) is 4.21. The maximum atomic E-state index is 11.1. The second kappa shape index (κ2) is 7.92. The first kappa shape index (κ1) is 18.3. The quantitative estimate of drug-likeness (QED) is 0.731. The van der Waals surface area contributed by atoms with Crippen LogP contribution in [-0.4, -0.2) is 50.3 Å². The molecule has 1 amide bonds. The molecule has 0 aromatic carbocycles. The monoisotopic (exact) mass is 379 g/mol. The third kappa shape index (κ3) is 3.81. The molecule has 4 rings (SSSR count). The number of hydrogen-bond acceptors (Lipinski definition) is 6. The minimum absolute atomic E-state index is 0.0420. The zero-order chi connectivity index (χ0) is 19.5. The van der Waals surface area contributed by atoms with Gasteiger partial charge in [0, 0.05) is 51.6 Å². The zero-order valence-corrected chi connectivity index (χ0v) is 16.3. The van der Waals surface area contributed by atoms with E-state index < -0.39 is 0 Å². The first-order valence-corrected chi connectivity index (χ1v) is 9.71. The van der Waals surface area contributed by atoms with Crippen LogP contribution in [0.3, 0.4) is 0 Å². The minimum Gasteiger partial charge on any atom is -0.356 e. The van der Waals surface area contributed by atoms with Gasteiger partial charge in [-0.3, -0.25) is 14.5 Å². The topological polar surface area (TPSA) is 88.8 Å². The van der Waals surface area contributed by atoms with Crippen molar-refractivity contribution >= 4 is 22.8 Å². The third-order valence-corrected chi connectivity index (χ3v) is 5.33. The van der Waals surface area contributed by atoms with Gasteiger partial charge in [0.05, 0.1) is 11.6 Å². The predicted molar refractivity (Wildman–Crippen MR) is 108 cm³/mol.